The first-order valence-electron chi connectivity index (χ1n) is 4.60. The number of rotatable bonds is 4. The van der Waals surface area contributed by atoms with Gasteiger partial charge in [0.15, 0.2) is 0 Å². The monoisotopic (exact) mass is 270 g/mol. The van der Waals surface area contributed by atoms with E-state index in [-0.39, 0.29) is 3.71 Å². The van der Waals surface area contributed by atoms with Gasteiger partial charge in [-0.3, -0.25) is 0 Å². The van der Waals surface area contributed by atoms with Gasteiger partial charge in [0.2, 0.25) is 0 Å². The molecule has 0 aliphatic rings. The number of hydrogen-bond donors (Lipinski definition) is 3. The molecule has 0 heterocycles. The second-order valence-electron chi connectivity index (χ2n) is 3.83. The molecule has 0 saturated heterocycles. The van der Waals surface area contributed by atoms with E-state index in [4.69, 9.17) is 15.3 Å². The van der Waals surface area contributed by atoms with Crippen molar-refractivity contribution in [1.82, 2.24) is 3.71 Å². The minimum Gasteiger partial charge on any atom is -0.350 e. The molecule has 0 aliphatic carbocycles. The second-order valence-corrected chi connectivity index (χ2v) is 8.95. The van der Waals surface area contributed by atoms with Gasteiger partial charge in [0.05, 0.1) is 10.5 Å². The Bertz CT molecular complexity index is 426. The van der Waals surface area contributed by atoms with Gasteiger partial charge in [-0.15, -0.1) is 3.71 Å². The van der Waals surface area contributed by atoms with Crippen LogP contribution >= 0.6 is 0 Å². The molecule has 2 atom stereocenters. The van der Waals surface area contributed by atoms with Crippen LogP contribution in [0.1, 0.15) is 27.7 Å². The summed E-state index contributed by atoms with van der Waals surface area (Å²) in [6.45, 7) is 5.78. The number of nitrogens with two attached hydrogens (primary N) is 1. The van der Waals surface area contributed by atoms with Gasteiger partial charge in [-0.2, -0.15) is 0 Å². The van der Waals surface area contributed by atoms with Crippen LogP contribution < -0.4 is 5.73 Å². The van der Waals surface area contributed by atoms with E-state index in [1.807, 2.05) is 0 Å². The molecule has 0 radical (unpaired) electrons. The van der Waals surface area contributed by atoms with Gasteiger partial charge in [0.1, 0.15) is 19.8 Å². The van der Waals surface area contributed by atoms with Crippen molar-refractivity contribution >= 4 is 25.9 Å². The zero-order chi connectivity index (χ0) is 13.3. The molecule has 16 heavy (non-hydrogen) atoms. The molecule has 0 aromatic carbocycles. The normalized spacial score (nSPS) is 19.1. The van der Waals surface area contributed by atoms with Crippen LogP contribution in [-0.2, 0) is 19.8 Å². The molecule has 0 bridgehead atoms. The van der Waals surface area contributed by atoms with Crippen molar-refractivity contribution in [3.8, 4) is 0 Å². The summed E-state index contributed by atoms with van der Waals surface area (Å²) in [4.78, 5) is 11.2. The highest BCUT2D eigenvalue weighted by atomic mass is 32.3. The molecule has 0 saturated carbocycles. The molecule has 0 rings (SSSR count). The summed E-state index contributed by atoms with van der Waals surface area (Å²) in [6.07, 6.45) is 0. The van der Waals surface area contributed by atoms with E-state index >= 15 is 0 Å². The number of urea groups is 1. The van der Waals surface area contributed by atoms with Gasteiger partial charge >= 0.3 is 6.03 Å². The third kappa shape index (κ3) is 2.64. The second kappa shape index (κ2) is 4.58. The highest BCUT2D eigenvalue weighted by molar-refractivity contribution is 8.06. The summed E-state index contributed by atoms with van der Waals surface area (Å²) < 4.78 is 39.3. The summed E-state index contributed by atoms with van der Waals surface area (Å²) in [7, 11) is -7.29. The Morgan fingerprint density at radius 2 is 1.31 bits per heavy atom. The standard InChI is InChI=1S/C7H18N4O3S2/c1-5(2)15(9,13)11(7(8)12)16(10,14)6(3)4/h5-6,9-10H,1-4H3,(H2,8,12). The molecule has 0 aromatic rings. The van der Waals surface area contributed by atoms with Crippen molar-refractivity contribution in [2.75, 3.05) is 0 Å². The van der Waals surface area contributed by atoms with Gasteiger partial charge < -0.3 is 5.73 Å². The van der Waals surface area contributed by atoms with E-state index in [2.05, 4.69) is 0 Å². The van der Waals surface area contributed by atoms with Crippen molar-refractivity contribution in [2.24, 2.45) is 5.73 Å². The first-order valence-corrected chi connectivity index (χ1v) is 7.76. The summed E-state index contributed by atoms with van der Waals surface area (Å²) in [5, 5.41) is -1.49. The van der Waals surface area contributed by atoms with Crippen LogP contribution in [-0.4, -0.2) is 28.7 Å². The molecule has 9 heteroatoms. The first kappa shape index (κ1) is 15.2. The summed E-state index contributed by atoms with van der Waals surface area (Å²) in [5.74, 6) is 0. The number of nitrogens with one attached hydrogen (secondary N) is 2. The fraction of sp³-hybridized carbons (Fsp3) is 0.857. The number of hydrogen-bond acceptors (Lipinski definition) is 5. The minimum atomic E-state index is -3.65. The van der Waals surface area contributed by atoms with Gasteiger partial charge in [-0.05, 0) is 27.7 Å². The molecule has 96 valence electrons. The quantitative estimate of drug-likeness (QED) is 0.707. The van der Waals surface area contributed by atoms with Crippen LogP contribution in [0.25, 0.3) is 0 Å². The lowest BCUT2D eigenvalue weighted by molar-refractivity contribution is 0.244. The maximum atomic E-state index is 12.0. The van der Waals surface area contributed by atoms with Crippen molar-refractivity contribution in [2.45, 2.75) is 38.2 Å². The van der Waals surface area contributed by atoms with E-state index in [1.54, 1.807) is 0 Å². The Morgan fingerprint density at radius 3 is 1.44 bits per heavy atom. The third-order valence-electron chi connectivity index (χ3n) is 1.95. The van der Waals surface area contributed by atoms with E-state index in [9.17, 15) is 13.2 Å². The van der Waals surface area contributed by atoms with E-state index < -0.39 is 36.4 Å². The average Bonchev–Trinajstić information content (AvgIpc) is 2.00. The van der Waals surface area contributed by atoms with Crippen molar-refractivity contribution in [3.63, 3.8) is 0 Å². The lowest BCUT2D eigenvalue weighted by Gasteiger charge is -2.28. The fourth-order valence-corrected chi connectivity index (χ4v) is 4.46. The first-order chi connectivity index (χ1) is 6.95. The molecule has 0 aliphatic heterocycles. The molecule has 2 unspecified atom stereocenters. The zero-order valence-corrected chi connectivity index (χ0v) is 11.4. The number of carbonyl (C=O) groups excluding carboxylic acids is 1. The van der Waals surface area contributed by atoms with Gasteiger partial charge in [0.25, 0.3) is 0 Å². The SMILES string of the molecule is CC(C)S(=N)(=O)N(C(N)=O)S(=N)(=O)C(C)C. The Kier molecular flexibility index (Phi) is 4.34. The number of primary amides is 1. The lowest BCUT2D eigenvalue weighted by Crippen LogP contribution is -2.48. The topological polar surface area (TPSA) is 128 Å². The van der Waals surface area contributed by atoms with Crippen molar-refractivity contribution < 1.29 is 13.2 Å². The molecule has 0 spiro atoms. The number of nitrogens with zero attached hydrogens (tertiary/aromatic N) is 1. The minimum absolute atomic E-state index is 0.218. The number of carbonyl (C=O) groups is 1. The Balaban J connectivity index is 5.84. The lowest BCUT2D eigenvalue weighted by atomic mass is 10.6. The molecule has 7 nitrogen and oxygen atoms in total. The Hall–Kier alpha value is -0.830. The zero-order valence-electron chi connectivity index (χ0n) is 9.72. The van der Waals surface area contributed by atoms with E-state index in [0.717, 1.165) is 0 Å². The maximum absolute atomic E-state index is 12.0. The van der Waals surface area contributed by atoms with Crippen LogP contribution in [0.5, 0.6) is 0 Å². The smallest absolute Gasteiger partial charge is 0.340 e. The summed E-state index contributed by atoms with van der Waals surface area (Å²) in [6, 6.07) is -1.26. The van der Waals surface area contributed by atoms with Crippen LogP contribution in [0.2, 0.25) is 0 Å². The van der Waals surface area contributed by atoms with Crippen LogP contribution in [0.4, 0.5) is 4.79 Å². The predicted molar refractivity (Wildman–Crippen MR) is 63.4 cm³/mol. The third-order valence-corrected chi connectivity index (χ3v) is 7.18. The molecule has 4 N–H and O–H groups in total. The number of amides is 2. The largest absolute Gasteiger partial charge is 0.350 e. The van der Waals surface area contributed by atoms with Gasteiger partial charge in [-0.1, -0.05) is 0 Å². The van der Waals surface area contributed by atoms with Gasteiger partial charge in [-0.25, -0.2) is 22.8 Å². The van der Waals surface area contributed by atoms with Crippen molar-refractivity contribution in [3.05, 3.63) is 0 Å². The molecule has 0 aromatic heterocycles. The van der Waals surface area contributed by atoms with Crippen LogP contribution in [0.15, 0.2) is 0 Å². The molecular formula is C7H18N4O3S2. The van der Waals surface area contributed by atoms with Crippen LogP contribution in [0.3, 0.4) is 0 Å². The molecule has 2 amide bonds. The highest BCUT2D eigenvalue weighted by Gasteiger charge is 2.35. The highest BCUT2D eigenvalue weighted by Crippen LogP contribution is 2.18. The average molecular weight is 270 g/mol. The predicted octanol–water partition coefficient (Wildman–Crippen LogP) is 1.11. The maximum Gasteiger partial charge on any atom is 0.340 e. The molecular weight excluding hydrogens is 252 g/mol. The fourth-order valence-electron chi connectivity index (χ4n) is 0.815. The summed E-state index contributed by atoms with van der Waals surface area (Å²) in [5.41, 5.74) is 4.97. The van der Waals surface area contributed by atoms with Crippen LogP contribution in [0, 0.1) is 9.56 Å². The Labute approximate surface area is 96.6 Å². The van der Waals surface area contributed by atoms with Crippen molar-refractivity contribution in [1.29, 1.82) is 9.56 Å². The molecule has 0 fully saturated rings. The summed E-state index contributed by atoms with van der Waals surface area (Å²) >= 11 is 0. The Morgan fingerprint density at radius 1 is 1.06 bits per heavy atom. The van der Waals surface area contributed by atoms with Gasteiger partial charge in [0, 0.05) is 0 Å². The van der Waals surface area contributed by atoms with E-state index in [0.29, 0.717) is 0 Å². The van der Waals surface area contributed by atoms with E-state index in [1.165, 1.54) is 27.7 Å².